The summed E-state index contributed by atoms with van der Waals surface area (Å²) in [7, 11) is 4.02. The van der Waals surface area contributed by atoms with Crippen LogP contribution in [0.5, 0.6) is 5.75 Å². The monoisotopic (exact) mass is 407 g/mol. The molecule has 0 saturated carbocycles. The molecule has 1 aromatic heterocycles. The normalized spacial score (nSPS) is 10.7. The number of benzene rings is 2. The van der Waals surface area contributed by atoms with E-state index in [-0.39, 0.29) is 5.91 Å². The number of ether oxygens (including phenoxy) is 1. The van der Waals surface area contributed by atoms with Crippen LogP contribution in [0.2, 0.25) is 0 Å². The summed E-state index contributed by atoms with van der Waals surface area (Å²) in [6.07, 6.45) is 0. The SMILES string of the molecule is CCN(Cc1ccc(N(C)C)cc1)C(=O)c1cccc(OCc2c(C)noc2C)c1. The number of rotatable bonds is 8. The van der Waals surface area contributed by atoms with E-state index in [0.29, 0.717) is 31.0 Å². The van der Waals surface area contributed by atoms with Gasteiger partial charge in [0.25, 0.3) is 5.91 Å². The first-order valence-corrected chi connectivity index (χ1v) is 10.1. The Balaban J connectivity index is 1.69. The number of anilines is 1. The number of nitrogens with zero attached hydrogens (tertiary/aromatic N) is 3. The summed E-state index contributed by atoms with van der Waals surface area (Å²) in [5, 5.41) is 3.94. The van der Waals surface area contributed by atoms with Crippen LogP contribution in [0.1, 0.15) is 39.9 Å². The number of amides is 1. The molecule has 0 radical (unpaired) electrons. The summed E-state index contributed by atoms with van der Waals surface area (Å²) >= 11 is 0. The summed E-state index contributed by atoms with van der Waals surface area (Å²) in [5.41, 5.74) is 4.59. The van der Waals surface area contributed by atoms with E-state index in [1.165, 1.54) is 0 Å². The van der Waals surface area contributed by atoms with Gasteiger partial charge in [-0.25, -0.2) is 0 Å². The molecule has 0 saturated heterocycles. The van der Waals surface area contributed by atoms with E-state index in [4.69, 9.17) is 9.26 Å². The van der Waals surface area contributed by atoms with Crippen LogP contribution in [0.15, 0.2) is 53.1 Å². The Morgan fingerprint density at radius 1 is 1.10 bits per heavy atom. The van der Waals surface area contributed by atoms with Crippen LogP contribution in [0.3, 0.4) is 0 Å². The number of aryl methyl sites for hydroxylation is 2. The molecule has 1 heterocycles. The fourth-order valence-electron chi connectivity index (χ4n) is 3.21. The summed E-state index contributed by atoms with van der Waals surface area (Å²) in [5.74, 6) is 1.38. The number of hydrogen-bond donors (Lipinski definition) is 0. The van der Waals surface area contributed by atoms with Crippen molar-refractivity contribution in [2.24, 2.45) is 0 Å². The minimum absolute atomic E-state index is 0.0167. The highest BCUT2D eigenvalue weighted by atomic mass is 16.5. The second-order valence-corrected chi connectivity index (χ2v) is 7.50. The van der Waals surface area contributed by atoms with Crippen LogP contribution in [0, 0.1) is 13.8 Å². The van der Waals surface area contributed by atoms with Crippen molar-refractivity contribution in [1.29, 1.82) is 0 Å². The lowest BCUT2D eigenvalue weighted by Crippen LogP contribution is -2.30. The highest BCUT2D eigenvalue weighted by Gasteiger charge is 2.16. The van der Waals surface area contributed by atoms with Gasteiger partial charge in [0.15, 0.2) is 0 Å². The molecule has 3 rings (SSSR count). The molecule has 0 unspecified atom stereocenters. The van der Waals surface area contributed by atoms with E-state index in [2.05, 4.69) is 34.3 Å². The molecule has 0 aliphatic heterocycles. The maximum Gasteiger partial charge on any atom is 0.254 e. The molecule has 0 fully saturated rings. The molecule has 0 atom stereocenters. The standard InChI is InChI=1S/C24H29N3O3/c1-6-27(15-19-10-12-21(13-11-19)26(4)5)24(28)20-8-7-9-22(14-20)29-16-23-17(2)25-30-18(23)3/h7-14H,6,15-16H2,1-5H3. The van der Waals surface area contributed by atoms with E-state index < -0.39 is 0 Å². The number of aromatic nitrogens is 1. The van der Waals surface area contributed by atoms with E-state index in [0.717, 1.165) is 28.3 Å². The van der Waals surface area contributed by atoms with Gasteiger partial charge in [-0.2, -0.15) is 0 Å². The van der Waals surface area contributed by atoms with Crippen LogP contribution < -0.4 is 9.64 Å². The summed E-state index contributed by atoms with van der Waals surface area (Å²) in [4.78, 5) is 17.0. The Bertz CT molecular complexity index is 974. The molecule has 6 nitrogen and oxygen atoms in total. The van der Waals surface area contributed by atoms with Gasteiger partial charge in [0, 0.05) is 38.4 Å². The number of carbonyl (C=O) groups is 1. The maximum absolute atomic E-state index is 13.1. The topological polar surface area (TPSA) is 58.8 Å². The van der Waals surface area contributed by atoms with Crippen LogP contribution in [0.25, 0.3) is 0 Å². The lowest BCUT2D eigenvalue weighted by Gasteiger charge is -2.22. The zero-order valence-corrected chi connectivity index (χ0v) is 18.3. The van der Waals surface area contributed by atoms with Crippen LogP contribution in [-0.2, 0) is 13.2 Å². The van der Waals surface area contributed by atoms with Gasteiger partial charge in [-0.15, -0.1) is 0 Å². The fourth-order valence-corrected chi connectivity index (χ4v) is 3.21. The molecule has 2 aromatic carbocycles. The summed E-state index contributed by atoms with van der Waals surface area (Å²) < 4.78 is 11.1. The van der Waals surface area contributed by atoms with Gasteiger partial charge in [-0.3, -0.25) is 4.79 Å². The Morgan fingerprint density at radius 3 is 2.43 bits per heavy atom. The van der Waals surface area contributed by atoms with E-state index >= 15 is 0 Å². The van der Waals surface area contributed by atoms with Crippen molar-refractivity contribution < 1.29 is 14.1 Å². The number of hydrogen-bond acceptors (Lipinski definition) is 5. The van der Waals surface area contributed by atoms with Crippen molar-refractivity contribution in [1.82, 2.24) is 10.1 Å². The Labute approximate surface area is 178 Å². The molecule has 3 aromatic rings. The number of carbonyl (C=O) groups excluding carboxylic acids is 1. The first-order valence-electron chi connectivity index (χ1n) is 10.1. The average Bonchev–Trinajstić information content (AvgIpc) is 3.07. The van der Waals surface area contributed by atoms with Gasteiger partial charge in [0.05, 0.1) is 11.3 Å². The first-order chi connectivity index (χ1) is 14.4. The quantitative estimate of drug-likeness (QED) is 0.546. The van der Waals surface area contributed by atoms with Crippen LogP contribution >= 0.6 is 0 Å². The zero-order chi connectivity index (χ0) is 21.7. The minimum Gasteiger partial charge on any atom is -0.489 e. The van der Waals surface area contributed by atoms with Crippen LogP contribution in [-0.4, -0.2) is 36.6 Å². The van der Waals surface area contributed by atoms with E-state index in [9.17, 15) is 4.79 Å². The molecule has 158 valence electrons. The predicted molar refractivity (Wildman–Crippen MR) is 118 cm³/mol. The van der Waals surface area contributed by atoms with Crippen molar-refractivity contribution in [3.8, 4) is 5.75 Å². The Hall–Kier alpha value is -3.28. The molecule has 0 N–H and O–H groups in total. The van der Waals surface area contributed by atoms with E-state index in [1.807, 2.05) is 58.0 Å². The average molecular weight is 408 g/mol. The third-order valence-electron chi connectivity index (χ3n) is 5.14. The zero-order valence-electron chi connectivity index (χ0n) is 18.3. The second kappa shape index (κ2) is 9.48. The lowest BCUT2D eigenvalue weighted by molar-refractivity contribution is 0.0752. The third kappa shape index (κ3) is 5.00. The van der Waals surface area contributed by atoms with Crippen molar-refractivity contribution in [2.45, 2.75) is 33.9 Å². The largest absolute Gasteiger partial charge is 0.489 e. The third-order valence-corrected chi connectivity index (χ3v) is 5.14. The molecule has 0 aliphatic carbocycles. The molecule has 1 amide bonds. The molecule has 0 spiro atoms. The minimum atomic E-state index is -0.0167. The first kappa shape index (κ1) is 21.4. The van der Waals surface area contributed by atoms with Gasteiger partial charge < -0.3 is 19.1 Å². The Kier molecular flexibility index (Phi) is 6.77. The smallest absolute Gasteiger partial charge is 0.254 e. The second-order valence-electron chi connectivity index (χ2n) is 7.50. The maximum atomic E-state index is 13.1. The summed E-state index contributed by atoms with van der Waals surface area (Å²) in [6.45, 7) is 7.28. The van der Waals surface area contributed by atoms with Crippen molar-refractivity contribution in [3.63, 3.8) is 0 Å². The molecular formula is C24H29N3O3. The molecular weight excluding hydrogens is 378 g/mol. The molecule has 30 heavy (non-hydrogen) atoms. The van der Waals surface area contributed by atoms with Gasteiger partial charge >= 0.3 is 0 Å². The highest BCUT2D eigenvalue weighted by molar-refractivity contribution is 5.94. The van der Waals surface area contributed by atoms with E-state index in [1.54, 1.807) is 6.07 Å². The fraction of sp³-hybridized carbons (Fsp3) is 0.333. The van der Waals surface area contributed by atoms with Crippen molar-refractivity contribution in [2.75, 3.05) is 25.5 Å². The highest BCUT2D eigenvalue weighted by Crippen LogP contribution is 2.20. The molecule has 0 bridgehead atoms. The predicted octanol–water partition coefficient (Wildman–Crippen LogP) is 4.60. The van der Waals surface area contributed by atoms with Crippen LogP contribution in [0.4, 0.5) is 5.69 Å². The molecule has 0 aliphatic rings. The van der Waals surface area contributed by atoms with Gasteiger partial charge in [0.1, 0.15) is 18.1 Å². The summed E-state index contributed by atoms with van der Waals surface area (Å²) in [6, 6.07) is 15.6. The van der Waals surface area contributed by atoms with Gasteiger partial charge in [-0.1, -0.05) is 23.4 Å². The van der Waals surface area contributed by atoms with Crippen molar-refractivity contribution in [3.05, 3.63) is 76.7 Å². The van der Waals surface area contributed by atoms with Gasteiger partial charge in [0.2, 0.25) is 0 Å². The lowest BCUT2D eigenvalue weighted by atomic mass is 10.1. The van der Waals surface area contributed by atoms with Gasteiger partial charge in [-0.05, 0) is 56.7 Å². The Morgan fingerprint density at radius 2 is 1.83 bits per heavy atom. The molecule has 6 heteroatoms. The van der Waals surface area contributed by atoms with Crippen molar-refractivity contribution >= 4 is 11.6 Å².